The van der Waals surface area contributed by atoms with Gasteiger partial charge in [-0.15, -0.1) is 0 Å². The Bertz CT molecular complexity index is 278. The monoisotopic (exact) mass is 221 g/mol. The topological polar surface area (TPSA) is 29.1 Å². The van der Waals surface area contributed by atoms with Crippen molar-refractivity contribution in [2.24, 2.45) is 0 Å². The molecule has 0 unspecified atom stereocenters. The number of benzene rings is 1. The van der Waals surface area contributed by atoms with Gasteiger partial charge in [0.25, 0.3) is 0 Å². The van der Waals surface area contributed by atoms with Crippen molar-refractivity contribution in [1.29, 1.82) is 0 Å². The average Bonchev–Trinajstić information content (AvgIpc) is 2.38. The number of hydrogen-bond acceptors (Lipinski definition) is 2. The minimum absolute atomic E-state index is 0.343. The van der Waals surface area contributed by atoms with E-state index in [4.69, 9.17) is 0 Å². The van der Waals surface area contributed by atoms with Crippen LogP contribution in [0.4, 0.5) is 5.69 Å². The highest BCUT2D eigenvalue weighted by Gasteiger charge is 1.93. The lowest BCUT2D eigenvalue weighted by atomic mass is 10.1. The Balaban J connectivity index is 0.000000325. The van der Waals surface area contributed by atoms with Crippen molar-refractivity contribution >= 4 is 11.5 Å². The number of hydrogen-bond donors (Lipinski definition) is 1. The lowest BCUT2D eigenvalue weighted by Gasteiger charge is -2.04. The molecule has 1 N–H and O–H groups in total. The first-order valence-electron chi connectivity index (χ1n) is 5.96. The van der Waals surface area contributed by atoms with E-state index in [1.807, 2.05) is 27.0 Å². The second-order valence-corrected chi connectivity index (χ2v) is 3.51. The number of nitrogens with one attached hydrogen (secondary N) is 1. The molecule has 2 nitrogen and oxygen atoms in total. The number of anilines is 1. The SMILES string of the molecule is CCC(=O)CC.CCc1ccccc1NC. The van der Waals surface area contributed by atoms with E-state index < -0.39 is 0 Å². The minimum atomic E-state index is 0.343. The van der Waals surface area contributed by atoms with Gasteiger partial charge in [-0.1, -0.05) is 39.0 Å². The molecule has 0 aromatic heterocycles. The first kappa shape index (κ1) is 14.7. The van der Waals surface area contributed by atoms with Crippen LogP contribution in [0.2, 0.25) is 0 Å². The van der Waals surface area contributed by atoms with Crippen LogP contribution in [0.3, 0.4) is 0 Å². The maximum absolute atomic E-state index is 10.2. The number of rotatable bonds is 4. The quantitative estimate of drug-likeness (QED) is 0.840. The molecule has 0 radical (unpaired) electrons. The molecular formula is C14H23NO. The van der Waals surface area contributed by atoms with E-state index in [0.717, 1.165) is 6.42 Å². The number of para-hydroxylation sites is 1. The molecule has 0 heterocycles. The third-order valence-corrected chi connectivity index (χ3v) is 2.46. The molecule has 0 bridgehead atoms. The fraction of sp³-hybridized carbons (Fsp3) is 0.500. The van der Waals surface area contributed by atoms with E-state index >= 15 is 0 Å². The minimum Gasteiger partial charge on any atom is -0.388 e. The summed E-state index contributed by atoms with van der Waals surface area (Å²) in [6.45, 7) is 5.92. The lowest BCUT2D eigenvalue weighted by molar-refractivity contribution is -0.118. The van der Waals surface area contributed by atoms with E-state index in [1.165, 1.54) is 11.3 Å². The number of carbonyl (C=O) groups excluding carboxylic acids is 1. The van der Waals surface area contributed by atoms with Gasteiger partial charge in [0.1, 0.15) is 5.78 Å². The summed E-state index contributed by atoms with van der Waals surface area (Å²) < 4.78 is 0. The number of carbonyl (C=O) groups is 1. The molecular weight excluding hydrogens is 198 g/mol. The van der Waals surface area contributed by atoms with Crippen LogP contribution in [-0.2, 0) is 11.2 Å². The Kier molecular flexibility index (Phi) is 8.22. The van der Waals surface area contributed by atoms with Crippen molar-refractivity contribution < 1.29 is 4.79 Å². The Hall–Kier alpha value is -1.31. The zero-order valence-electron chi connectivity index (χ0n) is 10.8. The van der Waals surface area contributed by atoms with Crippen LogP contribution in [-0.4, -0.2) is 12.8 Å². The molecule has 0 aliphatic heterocycles. The Morgan fingerprint density at radius 1 is 1.12 bits per heavy atom. The average molecular weight is 221 g/mol. The highest BCUT2D eigenvalue weighted by atomic mass is 16.1. The molecule has 1 aromatic carbocycles. The predicted molar refractivity (Wildman–Crippen MR) is 71.0 cm³/mol. The molecule has 0 fully saturated rings. The van der Waals surface area contributed by atoms with Crippen molar-refractivity contribution in [2.45, 2.75) is 40.0 Å². The number of ketones is 1. The van der Waals surface area contributed by atoms with Crippen LogP contribution >= 0.6 is 0 Å². The van der Waals surface area contributed by atoms with Gasteiger partial charge in [0.05, 0.1) is 0 Å². The zero-order valence-corrected chi connectivity index (χ0v) is 10.8. The van der Waals surface area contributed by atoms with Gasteiger partial charge in [-0.25, -0.2) is 0 Å². The van der Waals surface area contributed by atoms with Crippen molar-refractivity contribution in [3.05, 3.63) is 29.8 Å². The summed E-state index contributed by atoms with van der Waals surface area (Å²) in [7, 11) is 1.95. The third-order valence-electron chi connectivity index (χ3n) is 2.46. The smallest absolute Gasteiger partial charge is 0.132 e. The molecule has 0 aliphatic carbocycles. The van der Waals surface area contributed by atoms with Gasteiger partial charge in [-0.2, -0.15) is 0 Å². The lowest BCUT2D eigenvalue weighted by Crippen LogP contribution is -1.92. The molecule has 1 aromatic rings. The summed E-state index contributed by atoms with van der Waals surface area (Å²) in [5.74, 6) is 0.343. The summed E-state index contributed by atoms with van der Waals surface area (Å²) in [6, 6.07) is 8.36. The standard InChI is InChI=1S/C9H13N.C5H10O/c1-3-8-6-4-5-7-9(8)10-2;1-3-5(6)4-2/h4-7,10H,3H2,1-2H3;3-4H2,1-2H3. The van der Waals surface area contributed by atoms with Gasteiger partial charge >= 0.3 is 0 Å². The Labute approximate surface area is 99.1 Å². The first-order chi connectivity index (χ1) is 7.69. The second-order valence-electron chi connectivity index (χ2n) is 3.51. The van der Waals surface area contributed by atoms with Crippen molar-refractivity contribution in [2.75, 3.05) is 12.4 Å². The number of aryl methyl sites for hydroxylation is 1. The molecule has 0 spiro atoms. The molecule has 0 saturated carbocycles. The van der Waals surface area contributed by atoms with E-state index in [9.17, 15) is 4.79 Å². The van der Waals surface area contributed by atoms with E-state index in [1.54, 1.807) is 0 Å². The van der Waals surface area contributed by atoms with Crippen LogP contribution in [0.1, 0.15) is 39.2 Å². The highest BCUT2D eigenvalue weighted by Crippen LogP contribution is 2.13. The fourth-order valence-electron chi connectivity index (χ4n) is 1.32. The van der Waals surface area contributed by atoms with Crippen molar-refractivity contribution in [3.63, 3.8) is 0 Å². The van der Waals surface area contributed by atoms with Gasteiger partial charge in [0.15, 0.2) is 0 Å². The second kappa shape index (κ2) is 8.96. The zero-order chi connectivity index (χ0) is 12.4. The maximum Gasteiger partial charge on any atom is 0.132 e. The third kappa shape index (κ3) is 5.54. The summed E-state index contributed by atoms with van der Waals surface area (Å²) in [5, 5.41) is 3.15. The Morgan fingerprint density at radius 3 is 2.00 bits per heavy atom. The summed E-state index contributed by atoms with van der Waals surface area (Å²) in [6.07, 6.45) is 2.48. The molecule has 0 aliphatic rings. The van der Waals surface area contributed by atoms with E-state index in [0.29, 0.717) is 18.6 Å². The van der Waals surface area contributed by atoms with Gasteiger partial charge in [0.2, 0.25) is 0 Å². The first-order valence-corrected chi connectivity index (χ1v) is 5.96. The van der Waals surface area contributed by atoms with Crippen LogP contribution < -0.4 is 5.32 Å². The summed E-state index contributed by atoms with van der Waals surface area (Å²) in [5.41, 5.74) is 2.62. The van der Waals surface area contributed by atoms with Crippen LogP contribution in [0.5, 0.6) is 0 Å². The van der Waals surface area contributed by atoms with Crippen molar-refractivity contribution in [3.8, 4) is 0 Å². The van der Waals surface area contributed by atoms with Gasteiger partial charge in [-0.3, -0.25) is 4.79 Å². The van der Waals surface area contributed by atoms with Crippen molar-refractivity contribution in [1.82, 2.24) is 0 Å². The van der Waals surface area contributed by atoms with Crippen LogP contribution in [0.25, 0.3) is 0 Å². The van der Waals surface area contributed by atoms with Gasteiger partial charge in [-0.05, 0) is 18.1 Å². The summed E-state index contributed by atoms with van der Waals surface area (Å²) in [4.78, 5) is 10.2. The predicted octanol–water partition coefficient (Wildman–Crippen LogP) is 3.67. The Morgan fingerprint density at radius 2 is 1.69 bits per heavy atom. The summed E-state index contributed by atoms with van der Waals surface area (Å²) >= 11 is 0. The van der Waals surface area contributed by atoms with E-state index in [-0.39, 0.29) is 0 Å². The molecule has 0 atom stereocenters. The molecule has 1 rings (SSSR count). The maximum atomic E-state index is 10.2. The highest BCUT2D eigenvalue weighted by molar-refractivity contribution is 5.77. The van der Waals surface area contributed by atoms with Gasteiger partial charge < -0.3 is 5.32 Å². The number of Topliss-reactive ketones (excluding diaryl/α,β-unsaturated/α-hetero) is 1. The molecule has 0 amide bonds. The van der Waals surface area contributed by atoms with Crippen LogP contribution in [0.15, 0.2) is 24.3 Å². The molecule has 0 saturated heterocycles. The normalized spacial score (nSPS) is 9.00. The molecule has 90 valence electrons. The fourth-order valence-corrected chi connectivity index (χ4v) is 1.32. The molecule has 2 heteroatoms. The van der Waals surface area contributed by atoms with E-state index in [2.05, 4.69) is 30.4 Å². The largest absolute Gasteiger partial charge is 0.388 e. The van der Waals surface area contributed by atoms with Crippen LogP contribution in [0, 0.1) is 0 Å². The van der Waals surface area contributed by atoms with Gasteiger partial charge in [0, 0.05) is 25.6 Å². The molecule has 16 heavy (non-hydrogen) atoms.